The molecule has 1 aromatic rings. The smallest absolute Gasteiger partial charge is 0.0236 e. The Balaban J connectivity index is 1.88. The van der Waals surface area contributed by atoms with Gasteiger partial charge in [0.25, 0.3) is 0 Å². The molecule has 1 N–H and O–H groups in total. The monoisotopic (exact) mass is 274 g/mol. The molecule has 0 atom stereocenters. The number of hydrogen-bond donors (Lipinski definition) is 1. The SMILES string of the molecule is CCCNCCc1ccccc1CN(CC)CC1CC1. The van der Waals surface area contributed by atoms with Crippen LogP contribution >= 0.6 is 0 Å². The summed E-state index contributed by atoms with van der Waals surface area (Å²) in [5.74, 6) is 0.980. The zero-order valence-corrected chi connectivity index (χ0v) is 13.2. The van der Waals surface area contributed by atoms with E-state index < -0.39 is 0 Å². The van der Waals surface area contributed by atoms with Gasteiger partial charge in [-0.1, -0.05) is 38.1 Å². The molecule has 0 aliphatic heterocycles. The zero-order valence-electron chi connectivity index (χ0n) is 13.2. The third-order valence-corrected chi connectivity index (χ3v) is 4.17. The van der Waals surface area contributed by atoms with Gasteiger partial charge < -0.3 is 5.32 Å². The van der Waals surface area contributed by atoms with Gasteiger partial charge in [0.15, 0.2) is 0 Å². The Morgan fingerprint density at radius 1 is 1.10 bits per heavy atom. The van der Waals surface area contributed by atoms with Crippen LogP contribution in [0.25, 0.3) is 0 Å². The average Bonchev–Trinajstić information content (AvgIpc) is 3.28. The molecular formula is C18H30N2. The lowest BCUT2D eigenvalue weighted by Gasteiger charge is -2.22. The maximum atomic E-state index is 3.51. The van der Waals surface area contributed by atoms with Crippen molar-refractivity contribution in [3.05, 3.63) is 35.4 Å². The van der Waals surface area contributed by atoms with Gasteiger partial charge in [-0.2, -0.15) is 0 Å². The standard InChI is InChI=1S/C18H30N2/c1-3-12-19-13-11-17-7-5-6-8-18(17)15-20(4-2)14-16-9-10-16/h5-8,16,19H,3-4,9-15H2,1-2H3. The van der Waals surface area contributed by atoms with Crippen molar-refractivity contribution in [3.63, 3.8) is 0 Å². The van der Waals surface area contributed by atoms with Gasteiger partial charge in [0.2, 0.25) is 0 Å². The van der Waals surface area contributed by atoms with Crippen molar-refractivity contribution < 1.29 is 0 Å². The molecule has 112 valence electrons. The Hall–Kier alpha value is -0.860. The maximum absolute atomic E-state index is 3.51. The number of nitrogens with zero attached hydrogens (tertiary/aromatic N) is 1. The topological polar surface area (TPSA) is 15.3 Å². The maximum Gasteiger partial charge on any atom is 0.0236 e. The summed E-state index contributed by atoms with van der Waals surface area (Å²) >= 11 is 0. The van der Waals surface area contributed by atoms with Crippen molar-refractivity contribution in [2.75, 3.05) is 26.2 Å². The Bertz CT molecular complexity index is 385. The Morgan fingerprint density at radius 3 is 2.50 bits per heavy atom. The lowest BCUT2D eigenvalue weighted by atomic mass is 10.0. The lowest BCUT2D eigenvalue weighted by Crippen LogP contribution is -2.26. The highest BCUT2D eigenvalue weighted by atomic mass is 15.1. The van der Waals surface area contributed by atoms with E-state index in [1.807, 2.05) is 0 Å². The van der Waals surface area contributed by atoms with Gasteiger partial charge in [0.05, 0.1) is 0 Å². The lowest BCUT2D eigenvalue weighted by molar-refractivity contribution is 0.267. The first-order valence-electron chi connectivity index (χ1n) is 8.33. The second-order valence-corrected chi connectivity index (χ2v) is 6.04. The van der Waals surface area contributed by atoms with Gasteiger partial charge in [-0.05, 0) is 62.4 Å². The van der Waals surface area contributed by atoms with Crippen molar-refractivity contribution in [2.24, 2.45) is 5.92 Å². The van der Waals surface area contributed by atoms with E-state index in [0.29, 0.717) is 0 Å². The normalized spacial score (nSPS) is 14.9. The minimum atomic E-state index is 0.980. The fourth-order valence-electron chi connectivity index (χ4n) is 2.69. The quantitative estimate of drug-likeness (QED) is 0.657. The molecule has 1 fully saturated rings. The third-order valence-electron chi connectivity index (χ3n) is 4.17. The fraction of sp³-hybridized carbons (Fsp3) is 0.667. The highest BCUT2D eigenvalue weighted by molar-refractivity contribution is 5.27. The number of hydrogen-bond acceptors (Lipinski definition) is 2. The van der Waals surface area contributed by atoms with Crippen LogP contribution in [0.2, 0.25) is 0 Å². The van der Waals surface area contributed by atoms with E-state index in [2.05, 4.69) is 48.3 Å². The molecule has 0 radical (unpaired) electrons. The number of nitrogens with one attached hydrogen (secondary N) is 1. The van der Waals surface area contributed by atoms with Crippen LogP contribution in [0.4, 0.5) is 0 Å². The molecule has 2 rings (SSSR count). The molecule has 0 aromatic heterocycles. The summed E-state index contributed by atoms with van der Waals surface area (Å²) in [6.07, 6.45) is 5.25. The summed E-state index contributed by atoms with van der Waals surface area (Å²) in [5, 5.41) is 3.51. The molecule has 1 aliphatic carbocycles. The molecule has 0 heterocycles. The van der Waals surface area contributed by atoms with E-state index in [-0.39, 0.29) is 0 Å². The van der Waals surface area contributed by atoms with Crippen LogP contribution in [-0.2, 0) is 13.0 Å². The van der Waals surface area contributed by atoms with Crippen molar-refractivity contribution in [1.82, 2.24) is 10.2 Å². The first-order chi connectivity index (χ1) is 9.83. The van der Waals surface area contributed by atoms with E-state index >= 15 is 0 Å². The number of rotatable bonds is 10. The first-order valence-corrected chi connectivity index (χ1v) is 8.33. The van der Waals surface area contributed by atoms with Crippen LogP contribution in [0.3, 0.4) is 0 Å². The summed E-state index contributed by atoms with van der Waals surface area (Å²) in [7, 11) is 0. The molecule has 0 saturated heterocycles. The summed E-state index contributed by atoms with van der Waals surface area (Å²) in [4.78, 5) is 2.61. The molecule has 0 bridgehead atoms. The van der Waals surface area contributed by atoms with E-state index in [1.54, 1.807) is 0 Å². The zero-order chi connectivity index (χ0) is 14.2. The highest BCUT2D eigenvalue weighted by Crippen LogP contribution is 2.30. The van der Waals surface area contributed by atoms with E-state index in [4.69, 9.17) is 0 Å². The van der Waals surface area contributed by atoms with Gasteiger partial charge in [0, 0.05) is 13.1 Å². The Morgan fingerprint density at radius 2 is 1.85 bits per heavy atom. The first kappa shape index (κ1) is 15.5. The van der Waals surface area contributed by atoms with Crippen LogP contribution in [0.1, 0.15) is 44.2 Å². The minimum absolute atomic E-state index is 0.980. The second kappa shape index (κ2) is 8.43. The largest absolute Gasteiger partial charge is 0.316 e. The molecule has 0 amide bonds. The van der Waals surface area contributed by atoms with Crippen LogP contribution in [0.5, 0.6) is 0 Å². The van der Waals surface area contributed by atoms with Crippen LogP contribution in [0, 0.1) is 5.92 Å². The highest BCUT2D eigenvalue weighted by Gasteiger charge is 2.23. The van der Waals surface area contributed by atoms with Crippen LogP contribution in [0.15, 0.2) is 24.3 Å². The van der Waals surface area contributed by atoms with Crippen molar-refractivity contribution in [3.8, 4) is 0 Å². The van der Waals surface area contributed by atoms with E-state index in [1.165, 1.54) is 43.5 Å². The van der Waals surface area contributed by atoms with Gasteiger partial charge >= 0.3 is 0 Å². The molecule has 1 saturated carbocycles. The summed E-state index contributed by atoms with van der Waals surface area (Å²) < 4.78 is 0. The van der Waals surface area contributed by atoms with Gasteiger partial charge in [-0.3, -0.25) is 4.90 Å². The van der Waals surface area contributed by atoms with Crippen LogP contribution < -0.4 is 5.32 Å². The van der Waals surface area contributed by atoms with Gasteiger partial charge in [0.1, 0.15) is 0 Å². The minimum Gasteiger partial charge on any atom is -0.316 e. The second-order valence-electron chi connectivity index (χ2n) is 6.04. The van der Waals surface area contributed by atoms with E-state index in [9.17, 15) is 0 Å². The predicted octanol–water partition coefficient (Wildman–Crippen LogP) is 3.46. The Kier molecular flexibility index (Phi) is 6.55. The van der Waals surface area contributed by atoms with Gasteiger partial charge in [-0.15, -0.1) is 0 Å². The summed E-state index contributed by atoms with van der Waals surface area (Å²) in [6.45, 7) is 10.3. The molecular weight excluding hydrogens is 244 g/mol. The predicted molar refractivity (Wildman–Crippen MR) is 87.0 cm³/mol. The van der Waals surface area contributed by atoms with E-state index in [0.717, 1.165) is 32.0 Å². The average molecular weight is 274 g/mol. The van der Waals surface area contributed by atoms with Crippen LogP contribution in [-0.4, -0.2) is 31.1 Å². The molecule has 0 unspecified atom stereocenters. The summed E-state index contributed by atoms with van der Waals surface area (Å²) in [6, 6.07) is 8.97. The van der Waals surface area contributed by atoms with Crippen molar-refractivity contribution in [2.45, 2.75) is 46.1 Å². The molecule has 2 heteroatoms. The van der Waals surface area contributed by atoms with Crippen molar-refractivity contribution in [1.29, 1.82) is 0 Å². The van der Waals surface area contributed by atoms with Crippen molar-refractivity contribution >= 4 is 0 Å². The molecule has 20 heavy (non-hydrogen) atoms. The summed E-state index contributed by atoms with van der Waals surface area (Å²) in [5.41, 5.74) is 3.04. The third kappa shape index (κ3) is 5.26. The Labute approximate surface area is 124 Å². The molecule has 0 spiro atoms. The van der Waals surface area contributed by atoms with Gasteiger partial charge in [-0.25, -0.2) is 0 Å². The fourth-order valence-corrected chi connectivity index (χ4v) is 2.69. The molecule has 1 aromatic carbocycles. The molecule has 2 nitrogen and oxygen atoms in total. The molecule has 1 aliphatic rings. The number of benzene rings is 1.